The predicted molar refractivity (Wildman–Crippen MR) is 80.4 cm³/mol. The molecule has 108 valence electrons. The van der Waals surface area contributed by atoms with Crippen LogP contribution in [0.1, 0.15) is 45.4 Å². The van der Waals surface area contributed by atoms with Crippen LogP contribution in [0.5, 0.6) is 0 Å². The quantitative estimate of drug-likeness (QED) is 0.843. The molecule has 4 heteroatoms. The molecule has 1 amide bonds. The van der Waals surface area contributed by atoms with Gasteiger partial charge in [-0.2, -0.15) is 11.8 Å². The van der Waals surface area contributed by atoms with Crippen LogP contribution in [0.15, 0.2) is 0 Å². The molecule has 4 unspecified atom stereocenters. The van der Waals surface area contributed by atoms with Crippen LogP contribution in [0.3, 0.4) is 0 Å². The fourth-order valence-corrected chi connectivity index (χ4v) is 5.08. The number of amides is 1. The first-order valence-corrected chi connectivity index (χ1v) is 8.99. The summed E-state index contributed by atoms with van der Waals surface area (Å²) < 4.78 is 0. The van der Waals surface area contributed by atoms with Crippen LogP contribution in [0.4, 0.5) is 0 Å². The van der Waals surface area contributed by atoms with E-state index in [1.165, 1.54) is 32.1 Å². The second kappa shape index (κ2) is 6.04. The lowest BCUT2D eigenvalue weighted by Gasteiger charge is -2.33. The van der Waals surface area contributed by atoms with Crippen LogP contribution in [0, 0.1) is 5.92 Å². The van der Waals surface area contributed by atoms with Gasteiger partial charge in [0, 0.05) is 30.1 Å². The second-order valence-electron chi connectivity index (χ2n) is 6.29. The van der Waals surface area contributed by atoms with Gasteiger partial charge in [0.15, 0.2) is 0 Å². The SMILES string of the molecule is CCC1CN(C(=O)C2CC3CCCCC3N2)CCS1. The van der Waals surface area contributed by atoms with E-state index in [4.69, 9.17) is 0 Å². The van der Waals surface area contributed by atoms with Gasteiger partial charge in [0.25, 0.3) is 0 Å². The third-order valence-electron chi connectivity index (χ3n) is 5.07. The van der Waals surface area contributed by atoms with Crippen molar-refractivity contribution in [3.63, 3.8) is 0 Å². The van der Waals surface area contributed by atoms with Crippen molar-refractivity contribution in [1.29, 1.82) is 0 Å². The highest BCUT2D eigenvalue weighted by Gasteiger charge is 2.40. The molecular formula is C15H26N2OS. The number of hydrogen-bond acceptors (Lipinski definition) is 3. The Morgan fingerprint density at radius 1 is 1.37 bits per heavy atom. The van der Waals surface area contributed by atoms with Gasteiger partial charge < -0.3 is 10.2 Å². The zero-order chi connectivity index (χ0) is 13.2. The molecular weight excluding hydrogens is 256 g/mol. The highest BCUT2D eigenvalue weighted by Crippen LogP contribution is 2.34. The molecule has 3 aliphatic rings. The van der Waals surface area contributed by atoms with E-state index >= 15 is 0 Å². The third kappa shape index (κ3) is 2.94. The zero-order valence-electron chi connectivity index (χ0n) is 11.9. The van der Waals surface area contributed by atoms with Gasteiger partial charge in [-0.05, 0) is 31.6 Å². The number of fused-ring (bicyclic) bond motifs is 1. The summed E-state index contributed by atoms with van der Waals surface area (Å²) in [6, 6.07) is 0.748. The van der Waals surface area contributed by atoms with Gasteiger partial charge >= 0.3 is 0 Å². The Morgan fingerprint density at radius 3 is 3.00 bits per heavy atom. The molecule has 3 fully saturated rings. The number of nitrogens with zero attached hydrogens (tertiary/aromatic N) is 1. The molecule has 3 rings (SSSR count). The highest BCUT2D eigenvalue weighted by molar-refractivity contribution is 8.00. The molecule has 1 saturated carbocycles. The molecule has 2 heterocycles. The summed E-state index contributed by atoms with van der Waals surface area (Å²) in [5.41, 5.74) is 0. The van der Waals surface area contributed by atoms with E-state index in [0.29, 0.717) is 17.2 Å². The normalized spacial score (nSPS) is 39.1. The average molecular weight is 282 g/mol. The molecule has 1 N–H and O–H groups in total. The first kappa shape index (κ1) is 13.7. The summed E-state index contributed by atoms with van der Waals surface area (Å²) >= 11 is 2.03. The van der Waals surface area contributed by atoms with Crippen molar-refractivity contribution >= 4 is 17.7 Å². The van der Waals surface area contributed by atoms with Gasteiger partial charge in [-0.25, -0.2) is 0 Å². The molecule has 3 nitrogen and oxygen atoms in total. The standard InChI is InChI=1S/C15H26N2OS/c1-2-12-10-17(7-8-19-12)15(18)14-9-11-5-3-4-6-13(11)16-14/h11-14,16H,2-10H2,1H3. The van der Waals surface area contributed by atoms with E-state index in [0.717, 1.165) is 31.2 Å². The van der Waals surface area contributed by atoms with E-state index in [-0.39, 0.29) is 6.04 Å². The average Bonchev–Trinajstić information content (AvgIpc) is 2.90. The summed E-state index contributed by atoms with van der Waals surface area (Å²) in [4.78, 5) is 14.8. The number of carbonyl (C=O) groups excluding carboxylic acids is 1. The van der Waals surface area contributed by atoms with Gasteiger partial charge in [-0.3, -0.25) is 4.79 Å². The zero-order valence-corrected chi connectivity index (χ0v) is 12.8. The van der Waals surface area contributed by atoms with Crippen LogP contribution in [0.25, 0.3) is 0 Å². The van der Waals surface area contributed by atoms with E-state index in [1.807, 2.05) is 11.8 Å². The maximum absolute atomic E-state index is 12.7. The molecule has 2 aliphatic heterocycles. The van der Waals surface area contributed by atoms with Gasteiger partial charge in [0.05, 0.1) is 6.04 Å². The van der Waals surface area contributed by atoms with Crippen molar-refractivity contribution in [2.45, 2.75) is 62.8 Å². The van der Waals surface area contributed by atoms with Crippen molar-refractivity contribution in [3.8, 4) is 0 Å². The fraction of sp³-hybridized carbons (Fsp3) is 0.933. The maximum Gasteiger partial charge on any atom is 0.239 e. The van der Waals surface area contributed by atoms with Gasteiger partial charge in [0.2, 0.25) is 5.91 Å². The number of carbonyl (C=O) groups is 1. The van der Waals surface area contributed by atoms with Crippen LogP contribution in [-0.2, 0) is 4.79 Å². The summed E-state index contributed by atoms with van der Waals surface area (Å²) in [7, 11) is 0. The third-order valence-corrected chi connectivity index (χ3v) is 6.44. The molecule has 4 atom stereocenters. The first-order valence-electron chi connectivity index (χ1n) is 7.94. The Bertz CT molecular complexity index is 322. The summed E-state index contributed by atoms with van der Waals surface area (Å²) in [6.07, 6.45) is 7.58. The minimum absolute atomic E-state index is 0.119. The minimum Gasteiger partial charge on any atom is -0.339 e. The van der Waals surface area contributed by atoms with Gasteiger partial charge in [-0.1, -0.05) is 19.8 Å². The maximum atomic E-state index is 12.7. The predicted octanol–water partition coefficient (Wildman–Crippen LogP) is 2.26. The summed E-state index contributed by atoms with van der Waals surface area (Å²) in [5, 5.41) is 4.28. The van der Waals surface area contributed by atoms with Crippen molar-refractivity contribution < 1.29 is 4.79 Å². The Kier molecular flexibility index (Phi) is 4.37. The van der Waals surface area contributed by atoms with E-state index < -0.39 is 0 Å². The minimum atomic E-state index is 0.119. The second-order valence-corrected chi connectivity index (χ2v) is 7.70. The molecule has 0 bridgehead atoms. The molecule has 0 aromatic heterocycles. The van der Waals surface area contributed by atoms with Crippen molar-refractivity contribution in [1.82, 2.24) is 10.2 Å². The van der Waals surface area contributed by atoms with Crippen LogP contribution in [-0.4, -0.2) is 47.0 Å². The number of nitrogens with one attached hydrogen (secondary N) is 1. The van der Waals surface area contributed by atoms with Crippen LogP contribution < -0.4 is 5.32 Å². The first-order chi connectivity index (χ1) is 9.28. The lowest BCUT2D eigenvalue weighted by Crippen LogP contribution is -2.50. The number of thioether (sulfide) groups is 1. The summed E-state index contributed by atoms with van der Waals surface area (Å²) in [6.45, 7) is 4.15. The van der Waals surface area contributed by atoms with Crippen molar-refractivity contribution in [2.24, 2.45) is 5.92 Å². The monoisotopic (exact) mass is 282 g/mol. The Labute approximate surface area is 120 Å². The smallest absolute Gasteiger partial charge is 0.239 e. The van der Waals surface area contributed by atoms with Gasteiger partial charge in [-0.15, -0.1) is 0 Å². The topological polar surface area (TPSA) is 32.3 Å². The van der Waals surface area contributed by atoms with E-state index in [2.05, 4.69) is 17.1 Å². The van der Waals surface area contributed by atoms with Crippen molar-refractivity contribution in [3.05, 3.63) is 0 Å². The Morgan fingerprint density at radius 2 is 2.21 bits per heavy atom. The van der Waals surface area contributed by atoms with Crippen LogP contribution in [0.2, 0.25) is 0 Å². The highest BCUT2D eigenvalue weighted by atomic mass is 32.2. The molecule has 19 heavy (non-hydrogen) atoms. The number of hydrogen-bond donors (Lipinski definition) is 1. The molecule has 1 aliphatic carbocycles. The Hall–Kier alpha value is -0.220. The number of rotatable bonds is 2. The van der Waals surface area contributed by atoms with E-state index in [9.17, 15) is 4.79 Å². The largest absolute Gasteiger partial charge is 0.339 e. The van der Waals surface area contributed by atoms with Crippen LogP contribution >= 0.6 is 11.8 Å². The van der Waals surface area contributed by atoms with Crippen molar-refractivity contribution in [2.75, 3.05) is 18.8 Å². The molecule has 0 aromatic rings. The lowest BCUT2D eigenvalue weighted by atomic mass is 9.85. The van der Waals surface area contributed by atoms with Gasteiger partial charge in [0.1, 0.15) is 0 Å². The molecule has 0 radical (unpaired) electrons. The van der Waals surface area contributed by atoms with E-state index in [1.54, 1.807) is 0 Å². The summed E-state index contributed by atoms with van der Waals surface area (Å²) in [5.74, 6) is 2.26. The molecule has 0 spiro atoms. The molecule has 0 aromatic carbocycles. The Balaban J connectivity index is 1.58. The molecule has 2 saturated heterocycles. The fourth-order valence-electron chi connectivity index (χ4n) is 3.90. The lowest BCUT2D eigenvalue weighted by molar-refractivity contribution is -0.133.